The second-order valence-electron chi connectivity index (χ2n) is 6.42. The van der Waals surface area contributed by atoms with Gasteiger partial charge in [-0.05, 0) is 60.7 Å². The summed E-state index contributed by atoms with van der Waals surface area (Å²) < 4.78 is 31.0. The highest BCUT2D eigenvalue weighted by atomic mass is 35.5. The second kappa shape index (κ2) is 8.69. The summed E-state index contributed by atoms with van der Waals surface area (Å²) in [5.41, 5.74) is 2.58. The molecule has 0 fully saturated rings. The van der Waals surface area contributed by atoms with Crippen molar-refractivity contribution in [2.75, 3.05) is 13.2 Å². The van der Waals surface area contributed by atoms with Crippen molar-refractivity contribution < 1.29 is 23.1 Å². The number of ether oxygens (including phenoxy) is 1. The van der Waals surface area contributed by atoms with Crippen molar-refractivity contribution in [2.45, 2.75) is 29.5 Å². The number of benzene rings is 2. The number of nitrogens with one attached hydrogen (secondary N) is 1. The molecule has 6 nitrogen and oxygen atoms in total. The van der Waals surface area contributed by atoms with E-state index < -0.39 is 21.2 Å². The summed E-state index contributed by atoms with van der Waals surface area (Å²) in [7, 11) is -4.26. The Balaban J connectivity index is 1.64. The molecule has 1 atom stereocenters. The Labute approximate surface area is 173 Å². The fourth-order valence-corrected chi connectivity index (χ4v) is 5.34. The van der Waals surface area contributed by atoms with Crippen LogP contribution in [0.15, 0.2) is 41.3 Å². The third-order valence-electron chi connectivity index (χ3n) is 4.51. The maximum absolute atomic E-state index is 12.7. The monoisotopic (exact) mass is 443 g/mol. The van der Waals surface area contributed by atoms with Gasteiger partial charge in [0.05, 0.1) is 9.92 Å². The molecule has 3 rings (SSSR count). The number of halogens is 2. The van der Waals surface area contributed by atoms with Gasteiger partial charge < -0.3 is 9.84 Å². The molecule has 9 heteroatoms. The first-order chi connectivity index (χ1) is 13.3. The van der Waals surface area contributed by atoms with E-state index in [0.29, 0.717) is 5.75 Å². The first-order valence-corrected chi connectivity index (χ1v) is 11.0. The Morgan fingerprint density at radius 3 is 2.61 bits per heavy atom. The zero-order valence-corrected chi connectivity index (χ0v) is 17.1. The molecule has 0 heterocycles. The van der Waals surface area contributed by atoms with E-state index in [-0.39, 0.29) is 28.1 Å². The quantitative estimate of drug-likeness (QED) is 0.607. The molecular weight excluding hydrogens is 425 g/mol. The van der Waals surface area contributed by atoms with Crippen LogP contribution in [0.4, 0.5) is 0 Å². The normalized spacial score (nSPS) is 14.5. The van der Waals surface area contributed by atoms with Crippen LogP contribution in [0.3, 0.4) is 0 Å². The molecule has 150 valence electrons. The van der Waals surface area contributed by atoms with Crippen molar-refractivity contribution >= 4 is 39.0 Å². The summed E-state index contributed by atoms with van der Waals surface area (Å²) in [5, 5.41) is 10.2. The van der Waals surface area contributed by atoms with Gasteiger partial charge >= 0.3 is 5.97 Å². The van der Waals surface area contributed by atoms with E-state index >= 15 is 0 Å². The number of carbonyl (C=O) groups is 1. The molecule has 0 saturated carbocycles. The number of hydrogen-bond donors (Lipinski definition) is 2. The van der Waals surface area contributed by atoms with Gasteiger partial charge in [-0.2, -0.15) is 0 Å². The molecule has 2 aromatic rings. The molecule has 0 amide bonds. The molecule has 0 aromatic heterocycles. The van der Waals surface area contributed by atoms with Gasteiger partial charge in [-0.25, -0.2) is 13.2 Å². The number of fused-ring (bicyclic) bond motifs is 1. The van der Waals surface area contributed by atoms with Gasteiger partial charge in [0, 0.05) is 11.6 Å². The number of aliphatic carboxylic acids is 1. The first kappa shape index (κ1) is 20.9. The minimum absolute atomic E-state index is 0.0263. The molecule has 2 N–H and O–H groups in total. The summed E-state index contributed by atoms with van der Waals surface area (Å²) in [6.07, 6.45) is 3.22. The van der Waals surface area contributed by atoms with Crippen LogP contribution in [-0.2, 0) is 27.5 Å². The molecular formula is C19H19Cl2NO5S. The van der Waals surface area contributed by atoms with Crippen LogP contribution in [-0.4, -0.2) is 38.0 Å². The van der Waals surface area contributed by atoms with E-state index in [1.54, 1.807) is 0 Å². The maximum Gasteiger partial charge on any atom is 0.336 e. The van der Waals surface area contributed by atoms with E-state index in [2.05, 4.69) is 5.32 Å². The topological polar surface area (TPSA) is 92.7 Å². The molecule has 0 radical (unpaired) electrons. The van der Waals surface area contributed by atoms with Gasteiger partial charge in [0.1, 0.15) is 12.4 Å². The van der Waals surface area contributed by atoms with Crippen LogP contribution in [0, 0.1) is 0 Å². The number of carboxylic acids is 1. The maximum atomic E-state index is 12.7. The van der Waals surface area contributed by atoms with E-state index in [0.717, 1.165) is 19.3 Å². The molecule has 0 saturated heterocycles. The lowest BCUT2D eigenvalue weighted by Gasteiger charge is -2.17. The molecule has 28 heavy (non-hydrogen) atoms. The zero-order valence-electron chi connectivity index (χ0n) is 14.8. The van der Waals surface area contributed by atoms with E-state index in [9.17, 15) is 18.3 Å². The highest BCUT2D eigenvalue weighted by Crippen LogP contribution is 2.28. The van der Waals surface area contributed by atoms with Crippen molar-refractivity contribution in [3.63, 3.8) is 0 Å². The van der Waals surface area contributed by atoms with E-state index in [1.165, 1.54) is 29.3 Å². The van der Waals surface area contributed by atoms with Crippen molar-refractivity contribution in [2.24, 2.45) is 0 Å². The molecule has 1 unspecified atom stereocenters. The third kappa shape index (κ3) is 4.60. The van der Waals surface area contributed by atoms with Gasteiger partial charge in [-0.15, -0.1) is 0 Å². The third-order valence-corrected chi connectivity index (χ3v) is 7.12. The second-order valence-corrected chi connectivity index (χ2v) is 9.27. The van der Waals surface area contributed by atoms with Crippen molar-refractivity contribution in [1.82, 2.24) is 5.32 Å². The Hall–Kier alpha value is -1.80. The molecule has 1 aliphatic carbocycles. The Bertz CT molecular complexity index is 994. The van der Waals surface area contributed by atoms with Gasteiger partial charge in [0.25, 0.3) is 0 Å². The lowest BCUT2D eigenvalue weighted by atomic mass is 10.1. The van der Waals surface area contributed by atoms with Gasteiger partial charge in [0.15, 0.2) is 0 Å². The number of sulfone groups is 1. The average Bonchev–Trinajstić information content (AvgIpc) is 3.08. The Morgan fingerprint density at radius 1 is 1.14 bits per heavy atom. The molecule has 0 spiro atoms. The smallest absolute Gasteiger partial charge is 0.336 e. The minimum atomic E-state index is -4.26. The van der Waals surface area contributed by atoms with Gasteiger partial charge in [-0.1, -0.05) is 29.3 Å². The predicted octanol–water partition coefficient (Wildman–Crippen LogP) is 3.34. The Morgan fingerprint density at radius 2 is 1.89 bits per heavy atom. The molecule has 0 bridgehead atoms. The number of hydrogen-bond acceptors (Lipinski definition) is 5. The standard InChI is InChI=1S/C19H19Cl2NO5S/c20-14-5-7-17(16(21)11-14)28(25,26)18(19(23)24)22-8-9-27-15-6-4-12-2-1-3-13(12)10-15/h4-7,10-11,18,22H,1-3,8-9H2,(H,23,24). The molecule has 2 aromatic carbocycles. The van der Waals surface area contributed by atoms with Crippen molar-refractivity contribution in [3.8, 4) is 5.75 Å². The fraction of sp³-hybridized carbons (Fsp3) is 0.316. The summed E-state index contributed by atoms with van der Waals surface area (Å²) >= 11 is 11.7. The van der Waals surface area contributed by atoms with Crippen LogP contribution in [0.1, 0.15) is 17.5 Å². The largest absolute Gasteiger partial charge is 0.492 e. The lowest BCUT2D eigenvalue weighted by molar-refractivity contribution is -0.137. The number of aryl methyl sites for hydroxylation is 2. The Kier molecular flexibility index (Phi) is 6.50. The summed E-state index contributed by atoms with van der Waals surface area (Å²) in [4.78, 5) is 11.2. The van der Waals surface area contributed by atoms with Crippen molar-refractivity contribution in [3.05, 3.63) is 57.6 Å². The fourth-order valence-electron chi connectivity index (χ4n) is 3.16. The average molecular weight is 444 g/mol. The lowest BCUT2D eigenvalue weighted by Crippen LogP contribution is -2.45. The highest BCUT2D eigenvalue weighted by Gasteiger charge is 2.35. The summed E-state index contributed by atoms with van der Waals surface area (Å²) in [6, 6.07) is 9.66. The minimum Gasteiger partial charge on any atom is -0.492 e. The van der Waals surface area contributed by atoms with Crippen LogP contribution in [0.25, 0.3) is 0 Å². The van der Waals surface area contributed by atoms with Gasteiger partial charge in [0.2, 0.25) is 15.2 Å². The van der Waals surface area contributed by atoms with E-state index in [1.807, 2.05) is 18.2 Å². The number of carboxylic acid groups (broad SMARTS) is 1. The summed E-state index contributed by atoms with van der Waals surface area (Å²) in [6.45, 7) is 0.144. The SMILES string of the molecule is O=C(O)C(NCCOc1ccc2c(c1)CCC2)S(=O)(=O)c1ccc(Cl)cc1Cl. The highest BCUT2D eigenvalue weighted by molar-refractivity contribution is 7.92. The zero-order chi connectivity index (χ0) is 20.3. The van der Waals surface area contributed by atoms with E-state index in [4.69, 9.17) is 27.9 Å². The first-order valence-electron chi connectivity index (χ1n) is 8.69. The van der Waals surface area contributed by atoms with Crippen LogP contribution < -0.4 is 10.1 Å². The van der Waals surface area contributed by atoms with Crippen LogP contribution in [0.2, 0.25) is 10.0 Å². The van der Waals surface area contributed by atoms with Crippen molar-refractivity contribution in [1.29, 1.82) is 0 Å². The molecule has 1 aliphatic rings. The van der Waals surface area contributed by atoms with Crippen LogP contribution in [0.5, 0.6) is 5.75 Å². The predicted molar refractivity (Wildman–Crippen MR) is 107 cm³/mol. The van der Waals surface area contributed by atoms with Gasteiger partial charge in [-0.3, -0.25) is 5.32 Å². The summed E-state index contributed by atoms with van der Waals surface area (Å²) in [5.74, 6) is -0.846. The molecule has 0 aliphatic heterocycles. The van der Waals surface area contributed by atoms with Crippen LogP contribution >= 0.6 is 23.2 Å². The number of rotatable bonds is 8.